The number of amides is 1. The zero-order valence-corrected chi connectivity index (χ0v) is 13.6. The molecule has 4 nitrogen and oxygen atoms in total. The molecule has 1 amide bonds. The Hall–Kier alpha value is -1.36. The van der Waals surface area contributed by atoms with Crippen molar-refractivity contribution in [3.05, 3.63) is 21.4 Å². The minimum absolute atomic E-state index is 0.0136. The first kappa shape index (κ1) is 16.0. The maximum atomic E-state index is 12.3. The third-order valence-corrected chi connectivity index (χ3v) is 5.33. The van der Waals surface area contributed by atoms with Crippen molar-refractivity contribution in [1.29, 1.82) is 0 Å². The second-order valence-corrected chi connectivity index (χ2v) is 7.45. The summed E-state index contributed by atoms with van der Waals surface area (Å²) >= 11 is 1.75. The van der Waals surface area contributed by atoms with Crippen LogP contribution in [0.5, 0.6) is 0 Å². The number of carbonyl (C=O) groups is 2. The van der Waals surface area contributed by atoms with Crippen LogP contribution in [-0.4, -0.2) is 17.0 Å². The maximum absolute atomic E-state index is 12.3. The average Bonchev–Trinajstić information content (AvgIpc) is 2.77. The fourth-order valence-corrected chi connectivity index (χ4v) is 4.11. The standard InChI is InChI=1S/C16H23NO3S/c1-9-8-14(11(3)21-9)10(2)17-15(18)12-4-6-13(7-5-12)16(19)20/h8,10,12-13H,4-7H2,1-3H3,(H,17,18)(H,19,20). The number of hydrogen-bond acceptors (Lipinski definition) is 3. The van der Waals surface area contributed by atoms with Gasteiger partial charge in [-0.05, 0) is 58.1 Å². The second kappa shape index (κ2) is 6.60. The summed E-state index contributed by atoms with van der Waals surface area (Å²) in [4.78, 5) is 25.8. The van der Waals surface area contributed by atoms with Crippen molar-refractivity contribution in [2.24, 2.45) is 11.8 Å². The largest absolute Gasteiger partial charge is 0.481 e. The van der Waals surface area contributed by atoms with Crippen LogP contribution >= 0.6 is 11.3 Å². The molecule has 5 heteroatoms. The van der Waals surface area contributed by atoms with Crippen LogP contribution in [0.2, 0.25) is 0 Å². The van der Waals surface area contributed by atoms with E-state index in [1.807, 2.05) is 6.92 Å². The highest BCUT2D eigenvalue weighted by molar-refractivity contribution is 7.12. The number of carboxylic acid groups (broad SMARTS) is 1. The Bertz CT molecular complexity index is 530. The van der Waals surface area contributed by atoms with Gasteiger partial charge in [0, 0.05) is 15.7 Å². The molecule has 1 unspecified atom stereocenters. The molecule has 2 rings (SSSR count). The normalized spacial score (nSPS) is 23.6. The molecule has 0 radical (unpaired) electrons. The number of thiophene rings is 1. The summed E-state index contributed by atoms with van der Waals surface area (Å²) in [5.74, 6) is -0.975. The average molecular weight is 309 g/mol. The second-order valence-electron chi connectivity index (χ2n) is 5.99. The minimum Gasteiger partial charge on any atom is -0.481 e. The molecule has 1 heterocycles. The first-order valence-corrected chi connectivity index (χ1v) is 8.30. The molecular formula is C16H23NO3S. The lowest BCUT2D eigenvalue weighted by molar-refractivity contribution is -0.144. The van der Waals surface area contributed by atoms with Crippen LogP contribution in [0.1, 0.15) is 54.0 Å². The van der Waals surface area contributed by atoms with Gasteiger partial charge in [0.15, 0.2) is 0 Å². The Kier molecular flexibility index (Phi) is 5.04. The van der Waals surface area contributed by atoms with E-state index in [9.17, 15) is 9.59 Å². The van der Waals surface area contributed by atoms with Gasteiger partial charge in [0.2, 0.25) is 5.91 Å². The highest BCUT2D eigenvalue weighted by Crippen LogP contribution is 2.30. The van der Waals surface area contributed by atoms with Crippen molar-refractivity contribution in [2.75, 3.05) is 0 Å². The summed E-state index contributed by atoms with van der Waals surface area (Å²) in [6.07, 6.45) is 2.57. The van der Waals surface area contributed by atoms with Gasteiger partial charge in [0.1, 0.15) is 0 Å². The van der Waals surface area contributed by atoms with E-state index in [0.717, 1.165) is 0 Å². The summed E-state index contributed by atoms with van der Waals surface area (Å²) in [7, 11) is 0. The Morgan fingerprint density at radius 3 is 2.29 bits per heavy atom. The molecule has 2 N–H and O–H groups in total. The predicted octanol–water partition coefficient (Wildman–Crippen LogP) is 3.43. The minimum atomic E-state index is -0.730. The van der Waals surface area contributed by atoms with Gasteiger partial charge in [-0.3, -0.25) is 9.59 Å². The van der Waals surface area contributed by atoms with E-state index in [1.54, 1.807) is 11.3 Å². The molecule has 0 saturated heterocycles. The molecule has 1 aromatic rings. The van der Waals surface area contributed by atoms with Crippen molar-refractivity contribution >= 4 is 23.2 Å². The van der Waals surface area contributed by atoms with E-state index < -0.39 is 5.97 Å². The molecule has 1 aromatic heterocycles. The molecular weight excluding hydrogens is 286 g/mol. The van der Waals surface area contributed by atoms with Gasteiger partial charge >= 0.3 is 5.97 Å². The summed E-state index contributed by atoms with van der Waals surface area (Å²) in [5, 5.41) is 12.1. The van der Waals surface area contributed by atoms with Crippen LogP contribution < -0.4 is 5.32 Å². The molecule has 1 atom stereocenters. The van der Waals surface area contributed by atoms with Crippen molar-refractivity contribution in [2.45, 2.75) is 52.5 Å². The van der Waals surface area contributed by atoms with Crippen LogP contribution in [0.15, 0.2) is 6.07 Å². The third kappa shape index (κ3) is 3.84. The van der Waals surface area contributed by atoms with E-state index in [-0.39, 0.29) is 23.8 Å². The van der Waals surface area contributed by atoms with Gasteiger partial charge in [0.25, 0.3) is 0 Å². The number of rotatable bonds is 4. The van der Waals surface area contributed by atoms with Gasteiger partial charge in [-0.25, -0.2) is 0 Å². The van der Waals surface area contributed by atoms with Crippen LogP contribution in [0.3, 0.4) is 0 Å². The molecule has 1 saturated carbocycles. The molecule has 0 spiro atoms. The zero-order chi connectivity index (χ0) is 15.6. The van der Waals surface area contributed by atoms with Crippen LogP contribution in [0, 0.1) is 25.7 Å². The molecule has 116 valence electrons. The molecule has 0 bridgehead atoms. The van der Waals surface area contributed by atoms with Crippen LogP contribution in [0.4, 0.5) is 0 Å². The smallest absolute Gasteiger partial charge is 0.306 e. The lowest BCUT2D eigenvalue weighted by Crippen LogP contribution is -2.35. The van der Waals surface area contributed by atoms with E-state index in [0.29, 0.717) is 25.7 Å². The Balaban J connectivity index is 1.90. The summed E-state index contributed by atoms with van der Waals surface area (Å²) in [6.45, 7) is 6.16. The first-order valence-electron chi connectivity index (χ1n) is 7.48. The molecule has 1 aliphatic rings. The third-order valence-electron chi connectivity index (χ3n) is 4.35. The highest BCUT2D eigenvalue weighted by Gasteiger charge is 2.30. The van der Waals surface area contributed by atoms with Crippen molar-refractivity contribution in [3.8, 4) is 0 Å². The lowest BCUT2D eigenvalue weighted by atomic mass is 9.81. The monoisotopic (exact) mass is 309 g/mol. The summed E-state index contributed by atoms with van der Waals surface area (Å²) in [6, 6.07) is 2.14. The molecule has 1 fully saturated rings. The number of hydrogen-bond donors (Lipinski definition) is 2. The number of carboxylic acids is 1. The molecule has 1 aliphatic carbocycles. The van der Waals surface area contributed by atoms with Gasteiger partial charge in [-0.1, -0.05) is 0 Å². The Labute approximate surface area is 129 Å². The van der Waals surface area contributed by atoms with Crippen LogP contribution in [0.25, 0.3) is 0 Å². The van der Waals surface area contributed by atoms with Gasteiger partial charge < -0.3 is 10.4 Å². The number of aliphatic carboxylic acids is 1. The number of carbonyl (C=O) groups excluding carboxylic acids is 1. The fourth-order valence-electron chi connectivity index (χ4n) is 3.09. The predicted molar refractivity (Wildman–Crippen MR) is 83.4 cm³/mol. The lowest BCUT2D eigenvalue weighted by Gasteiger charge is -2.26. The van der Waals surface area contributed by atoms with Crippen molar-refractivity contribution in [3.63, 3.8) is 0 Å². The van der Waals surface area contributed by atoms with Gasteiger partial charge in [0.05, 0.1) is 12.0 Å². The van der Waals surface area contributed by atoms with Gasteiger partial charge in [-0.15, -0.1) is 11.3 Å². The first-order chi connectivity index (χ1) is 9.88. The fraction of sp³-hybridized carbons (Fsp3) is 0.625. The maximum Gasteiger partial charge on any atom is 0.306 e. The van der Waals surface area contributed by atoms with E-state index >= 15 is 0 Å². The van der Waals surface area contributed by atoms with E-state index in [2.05, 4.69) is 25.2 Å². The SMILES string of the molecule is Cc1cc(C(C)NC(=O)C2CCC(C(=O)O)CC2)c(C)s1. The molecule has 0 aromatic carbocycles. The highest BCUT2D eigenvalue weighted by atomic mass is 32.1. The Morgan fingerprint density at radius 2 is 1.81 bits per heavy atom. The van der Waals surface area contributed by atoms with Gasteiger partial charge in [-0.2, -0.15) is 0 Å². The topological polar surface area (TPSA) is 66.4 Å². The zero-order valence-electron chi connectivity index (χ0n) is 12.8. The quantitative estimate of drug-likeness (QED) is 0.895. The van der Waals surface area contributed by atoms with Crippen LogP contribution in [-0.2, 0) is 9.59 Å². The van der Waals surface area contributed by atoms with E-state index in [4.69, 9.17) is 5.11 Å². The summed E-state index contributed by atoms with van der Waals surface area (Å²) < 4.78 is 0. The van der Waals surface area contributed by atoms with Crippen molar-refractivity contribution in [1.82, 2.24) is 5.32 Å². The number of nitrogens with one attached hydrogen (secondary N) is 1. The van der Waals surface area contributed by atoms with Crippen molar-refractivity contribution < 1.29 is 14.7 Å². The molecule has 21 heavy (non-hydrogen) atoms. The molecule has 0 aliphatic heterocycles. The Morgan fingerprint density at radius 1 is 1.24 bits per heavy atom. The summed E-state index contributed by atoms with van der Waals surface area (Å²) in [5.41, 5.74) is 1.19. The number of aryl methyl sites for hydroxylation is 2. The van der Waals surface area contributed by atoms with E-state index in [1.165, 1.54) is 15.3 Å².